The molecule has 0 spiro atoms. The smallest absolute Gasteiger partial charge is 0.324 e. The molecule has 2 rings (SSSR count). The minimum atomic E-state index is -1.46. The summed E-state index contributed by atoms with van der Waals surface area (Å²) in [6.07, 6.45) is 1.07. The molecule has 0 saturated carbocycles. The monoisotopic (exact) mass is 276 g/mol. The SMILES string of the molecule is CC(C)(C)OC(=O)C1(C(=O)O)CCc2ccccc2C1. The predicted molar refractivity (Wildman–Crippen MR) is 74.4 cm³/mol. The Balaban J connectivity index is 2.34. The lowest BCUT2D eigenvalue weighted by molar-refractivity contribution is -0.177. The van der Waals surface area contributed by atoms with Crippen LogP contribution in [0.1, 0.15) is 38.3 Å². The first-order valence-corrected chi connectivity index (χ1v) is 6.78. The van der Waals surface area contributed by atoms with E-state index < -0.39 is 23.0 Å². The van der Waals surface area contributed by atoms with Crippen LogP contribution in [0.25, 0.3) is 0 Å². The molecular formula is C16H20O4. The molecule has 0 heterocycles. The number of rotatable bonds is 2. The number of carbonyl (C=O) groups is 2. The number of esters is 1. The molecule has 1 aromatic carbocycles. The number of hydrogen-bond donors (Lipinski definition) is 1. The van der Waals surface area contributed by atoms with Gasteiger partial charge in [-0.2, -0.15) is 0 Å². The van der Waals surface area contributed by atoms with E-state index in [0.29, 0.717) is 6.42 Å². The number of ether oxygens (including phenoxy) is 1. The van der Waals surface area contributed by atoms with Crippen LogP contribution in [0.4, 0.5) is 0 Å². The Bertz CT molecular complexity index is 542. The zero-order valence-electron chi connectivity index (χ0n) is 12.1. The highest BCUT2D eigenvalue weighted by Crippen LogP contribution is 2.38. The number of hydrogen-bond acceptors (Lipinski definition) is 3. The van der Waals surface area contributed by atoms with Crippen molar-refractivity contribution in [2.75, 3.05) is 0 Å². The van der Waals surface area contributed by atoms with Gasteiger partial charge in [0.2, 0.25) is 0 Å². The van der Waals surface area contributed by atoms with Crippen LogP contribution in [0.3, 0.4) is 0 Å². The minimum Gasteiger partial charge on any atom is -0.480 e. The van der Waals surface area contributed by atoms with Gasteiger partial charge in [0.15, 0.2) is 5.41 Å². The molecule has 0 saturated heterocycles. The Kier molecular flexibility index (Phi) is 3.59. The van der Waals surface area contributed by atoms with Crippen LogP contribution in [0, 0.1) is 5.41 Å². The Morgan fingerprint density at radius 3 is 2.35 bits per heavy atom. The van der Waals surface area contributed by atoms with Gasteiger partial charge in [-0.1, -0.05) is 24.3 Å². The number of aliphatic carboxylic acids is 1. The second-order valence-corrected chi connectivity index (χ2v) is 6.33. The van der Waals surface area contributed by atoms with Gasteiger partial charge in [0.05, 0.1) is 0 Å². The van der Waals surface area contributed by atoms with Gasteiger partial charge < -0.3 is 9.84 Å². The molecule has 108 valence electrons. The van der Waals surface area contributed by atoms with Crippen molar-refractivity contribution in [1.29, 1.82) is 0 Å². The third kappa shape index (κ3) is 2.69. The van der Waals surface area contributed by atoms with Crippen molar-refractivity contribution in [3.05, 3.63) is 35.4 Å². The first-order chi connectivity index (χ1) is 9.24. The van der Waals surface area contributed by atoms with Crippen molar-refractivity contribution in [2.45, 2.75) is 45.6 Å². The zero-order chi connectivity index (χ0) is 15.0. The van der Waals surface area contributed by atoms with E-state index in [0.717, 1.165) is 11.1 Å². The van der Waals surface area contributed by atoms with E-state index in [1.165, 1.54) is 0 Å². The van der Waals surface area contributed by atoms with E-state index in [2.05, 4.69) is 0 Å². The number of carboxylic acids is 1. The maximum Gasteiger partial charge on any atom is 0.324 e. The van der Waals surface area contributed by atoms with Crippen LogP contribution < -0.4 is 0 Å². The summed E-state index contributed by atoms with van der Waals surface area (Å²) in [5.41, 5.74) is -0.0991. The second kappa shape index (κ2) is 4.93. The van der Waals surface area contributed by atoms with Crippen molar-refractivity contribution >= 4 is 11.9 Å². The minimum absolute atomic E-state index is 0.202. The van der Waals surface area contributed by atoms with E-state index in [1.54, 1.807) is 20.8 Å². The summed E-state index contributed by atoms with van der Waals surface area (Å²) >= 11 is 0. The highest BCUT2D eigenvalue weighted by atomic mass is 16.6. The van der Waals surface area contributed by atoms with Gasteiger partial charge in [-0.15, -0.1) is 0 Å². The summed E-state index contributed by atoms with van der Waals surface area (Å²) in [6, 6.07) is 7.67. The maximum atomic E-state index is 12.4. The molecule has 1 unspecified atom stereocenters. The van der Waals surface area contributed by atoms with Crippen LogP contribution in [0.5, 0.6) is 0 Å². The summed E-state index contributed by atoms with van der Waals surface area (Å²) in [4.78, 5) is 24.1. The van der Waals surface area contributed by atoms with Crippen LogP contribution >= 0.6 is 0 Å². The Hall–Kier alpha value is -1.84. The highest BCUT2D eigenvalue weighted by molar-refractivity contribution is 6.00. The summed E-state index contributed by atoms with van der Waals surface area (Å²) in [7, 11) is 0. The summed E-state index contributed by atoms with van der Waals surface area (Å²) in [5.74, 6) is -1.73. The van der Waals surface area contributed by atoms with E-state index in [1.807, 2.05) is 24.3 Å². The maximum absolute atomic E-state index is 12.4. The fraction of sp³-hybridized carbons (Fsp3) is 0.500. The second-order valence-electron chi connectivity index (χ2n) is 6.33. The van der Waals surface area contributed by atoms with Crippen LogP contribution in [0.2, 0.25) is 0 Å². The van der Waals surface area contributed by atoms with Gasteiger partial charge in [0, 0.05) is 0 Å². The summed E-state index contributed by atoms with van der Waals surface area (Å²) in [5, 5.41) is 9.58. The molecule has 4 heteroatoms. The van der Waals surface area contributed by atoms with Crippen LogP contribution in [-0.4, -0.2) is 22.6 Å². The van der Waals surface area contributed by atoms with Crippen LogP contribution in [0.15, 0.2) is 24.3 Å². The zero-order valence-corrected chi connectivity index (χ0v) is 12.1. The van der Waals surface area contributed by atoms with Gasteiger partial charge in [0.25, 0.3) is 0 Å². The molecule has 0 aromatic heterocycles. The van der Waals surface area contributed by atoms with Crippen molar-refractivity contribution in [2.24, 2.45) is 5.41 Å². The molecule has 1 aromatic rings. The third-order valence-electron chi connectivity index (χ3n) is 3.63. The quantitative estimate of drug-likeness (QED) is 0.666. The average Bonchev–Trinajstić information content (AvgIpc) is 2.35. The lowest BCUT2D eigenvalue weighted by atomic mass is 9.71. The first kappa shape index (κ1) is 14.6. The molecule has 0 bridgehead atoms. The van der Waals surface area contributed by atoms with E-state index in [9.17, 15) is 14.7 Å². The molecule has 0 radical (unpaired) electrons. The normalized spacial score (nSPS) is 21.9. The van der Waals surface area contributed by atoms with Gasteiger partial charge >= 0.3 is 11.9 Å². The van der Waals surface area contributed by atoms with Crippen LogP contribution in [-0.2, 0) is 27.2 Å². The van der Waals surface area contributed by atoms with Gasteiger partial charge in [-0.25, -0.2) is 0 Å². The molecule has 4 nitrogen and oxygen atoms in total. The fourth-order valence-electron chi connectivity index (χ4n) is 2.56. The number of carboxylic acid groups (broad SMARTS) is 1. The standard InChI is InChI=1S/C16H20O4/c1-15(2,3)20-14(19)16(13(17)18)9-8-11-6-4-5-7-12(11)10-16/h4-7H,8-10H2,1-3H3,(H,17,18). The lowest BCUT2D eigenvalue weighted by Gasteiger charge is -2.34. The summed E-state index contributed by atoms with van der Waals surface area (Å²) in [6.45, 7) is 5.24. The third-order valence-corrected chi connectivity index (χ3v) is 3.63. The number of aryl methyl sites for hydroxylation is 1. The summed E-state index contributed by atoms with van der Waals surface area (Å²) < 4.78 is 5.34. The van der Waals surface area contributed by atoms with Crippen molar-refractivity contribution in [3.63, 3.8) is 0 Å². The number of benzene rings is 1. The number of fused-ring (bicyclic) bond motifs is 1. The molecule has 0 aliphatic heterocycles. The molecule has 20 heavy (non-hydrogen) atoms. The van der Waals surface area contributed by atoms with Gasteiger partial charge in [0.1, 0.15) is 5.60 Å². The molecule has 1 aliphatic carbocycles. The predicted octanol–water partition coefficient (Wildman–Crippen LogP) is 2.59. The van der Waals surface area contributed by atoms with Gasteiger partial charge in [-0.3, -0.25) is 9.59 Å². The number of carbonyl (C=O) groups excluding carboxylic acids is 1. The van der Waals surface area contributed by atoms with Crippen molar-refractivity contribution in [3.8, 4) is 0 Å². The Labute approximate surface area is 118 Å². The van der Waals surface area contributed by atoms with Gasteiger partial charge in [-0.05, 0) is 51.2 Å². The van der Waals surface area contributed by atoms with Crippen molar-refractivity contribution < 1.29 is 19.4 Å². The lowest BCUT2D eigenvalue weighted by Crippen LogP contribution is -2.47. The molecular weight excluding hydrogens is 256 g/mol. The fourth-order valence-corrected chi connectivity index (χ4v) is 2.56. The highest BCUT2D eigenvalue weighted by Gasteiger charge is 2.50. The largest absolute Gasteiger partial charge is 0.480 e. The molecule has 1 aliphatic rings. The molecule has 0 amide bonds. The van der Waals surface area contributed by atoms with E-state index >= 15 is 0 Å². The van der Waals surface area contributed by atoms with E-state index in [-0.39, 0.29) is 12.8 Å². The molecule has 0 fully saturated rings. The van der Waals surface area contributed by atoms with E-state index in [4.69, 9.17) is 4.74 Å². The topological polar surface area (TPSA) is 63.6 Å². The molecule has 1 N–H and O–H groups in total. The Morgan fingerprint density at radius 2 is 1.80 bits per heavy atom. The molecule has 1 atom stereocenters. The average molecular weight is 276 g/mol. The van der Waals surface area contributed by atoms with Crippen molar-refractivity contribution in [1.82, 2.24) is 0 Å². The Morgan fingerprint density at radius 1 is 1.20 bits per heavy atom. The first-order valence-electron chi connectivity index (χ1n) is 6.78.